The summed E-state index contributed by atoms with van der Waals surface area (Å²) in [7, 11) is 0. The summed E-state index contributed by atoms with van der Waals surface area (Å²) in [5, 5.41) is 10.9. The van der Waals surface area contributed by atoms with Crippen LogP contribution in [0.1, 0.15) is 22.3 Å². The number of furan rings is 1. The number of benzene rings is 7. The lowest BCUT2D eigenvalue weighted by atomic mass is 9.97. The van der Waals surface area contributed by atoms with Gasteiger partial charge >= 0.3 is 5.97 Å². The van der Waals surface area contributed by atoms with E-state index in [1.165, 1.54) is 0 Å². The average Bonchev–Trinajstić information content (AvgIpc) is 3.89. The summed E-state index contributed by atoms with van der Waals surface area (Å²) in [6.07, 6.45) is -0.527. The number of rotatable bonds is 21. The van der Waals surface area contributed by atoms with Crippen LogP contribution in [0.3, 0.4) is 0 Å². The number of hydrogen-bond donors (Lipinski definition) is 2. The molecule has 1 aromatic heterocycles. The summed E-state index contributed by atoms with van der Waals surface area (Å²) >= 11 is 0. The third-order valence-corrected chi connectivity index (χ3v) is 11.8. The summed E-state index contributed by atoms with van der Waals surface area (Å²) in [6, 6.07) is 52.6. The first-order valence-electron chi connectivity index (χ1n) is 22.8. The first-order chi connectivity index (χ1) is 33.9. The van der Waals surface area contributed by atoms with E-state index in [2.05, 4.69) is 10.6 Å². The van der Waals surface area contributed by atoms with Gasteiger partial charge in [-0.15, -0.1) is 0 Å². The van der Waals surface area contributed by atoms with Gasteiger partial charge in [-0.05, 0) is 55.9 Å². The molecule has 2 heterocycles. The number of carbonyl (C=O) groups is 3. The van der Waals surface area contributed by atoms with Crippen molar-refractivity contribution in [2.45, 2.75) is 57.1 Å². The van der Waals surface area contributed by atoms with Gasteiger partial charge in [-0.25, -0.2) is 4.79 Å². The molecule has 2 N–H and O–H groups in total. The minimum absolute atomic E-state index is 0.0923. The van der Waals surface area contributed by atoms with Gasteiger partial charge < -0.3 is 48.2 Å². The molecule has 1 unspecified atom stereocenters. The van der Waals surface area contributed by atoms with Crippen molar-refractivity contribution >= 4 is 50.1 Å². The molecule has 8 aromatic rings. The van der Waals surface area contributed by atoms with Crippen LogP contribution < -0.4 is 15.4 Å². The second kappa shape index (κ2) is 23.2. The Morgan fingerprint density at radius 3 is 1.62 bits per heavy atom. The number of fused-ring (bicyclic) bond motifs is 5. The Morgan fingerprint density at radius 1 is 0.478 bits per heavy atom. The third-order valence-electron chi connectivity index (χ3n) is 11.8. The normalized spacial score (nSPS) is 18.0. The smallest absolute Gasteiger partial charge is 0.330 e. The Morgan fingerprint density at radius 2 is 1.00 bits per heavy atom. The number of amides is 2. The summed E-state index contributed by atoms with van der Waals surface area (Å²) < 4.78 is 50.3. The summed E-state index contributed by atoms with van der Waals surface area (Å²) in [4.78, 5) is 38.7. The van der Waals surface area contributed by atoms with Gasteiger partial charge in [0.05, 0.1) is 52.1 Å². The van der Waals surface area contributed by atoms with Crippen molar-refractivity contribution in [2.75, 3.05) is 26.3 Å². The van der Waals surface area contributed by atoms with Crippen molar-refractivity contribution < 1.29 is 52.0 Å². The molecule has 13 heteroatoms. The fourth-order valence-corrected chi connectivity index (χ4v) is 8.29. The molecule has 0 radical (unpaired) electrons. The monoisotopic (exact) mass is 928 g/mol. The molecule has 9 rings (SSSR count). The number of esters is 1. The van der Waals surface area contributed by atoms with Crippen LogP contribution in [0.25, 0.3) is 32.3 Å². The molecule has 5 atom stereocenters. The van der Waals surface area contributed by atoms with E-state index in [0.29, 0.717) is 5.75 Å². The Kier molecular flexibility index (Phi) is 15.7. The van der Waals surface area contributed by atoms with Crippen LogP contribution in [0.4, 0.5) is 0 Å². The van der Waals surface area contributed by atoms with E-state index in [9.17, 15) is 14.4 Å². The van der Waals surface area contributed by atoms with E-state index in [4.69, 9.17) is 37.6 Å². The minimum Gasteiger partial charge on any atom is -0.471 e. The molecule has 0 saturated carbocycles. The van der Waals surface area contributed by atoms with Crippen LogP contribution in [0.2, 0.25) is 0 Å². The van der Waals surface area contributed by atoms with Crippen molar-refractivity contribution in [3.8, 4) is 5.75 Å². The third kappa shape index (κ3) is 12.5. The fraction of sp³-hybridized carbons (Fsp3) is 0.232. The van der Waals surface area contributed by atoms with Gasteiger partial charge in [0.2, 0.25) is 11.8 Å². The van der Waals surface area contributed by atoms with E-state index in [-0.39, 0.29) is 33.0 Å². The van der Waals surface area contributed by atoms with Gasteiger partial charge in [-0.3, -0.25) is 9.59 Å². The van der Waals surface area contributed by atoms with E-state index in [1.54, 1.807) is 24.7 Å². The van der Waals surface area contributed by atoms with Crippen LogP contribution in [0.5, 0.6) is 5.75 Å². The zero-order chi connectivity index (χ0) is 47.2. The number of hydrogen-bond acceptors (Lipinski definition) is 11. The Hall–Kier alpha value is -7.23. The highest BCUT2D eigenvalue weighted by atomic mass is 16.7. The molecule has 7 aromatic carbocycles. The largest absolute Gasteiger partial charge is 0.471 e. The molecule has 1 aliphatic rings. The summed E-state index contributed by atoms with van der Waals surface area (Å²) in [5.74, 6) is -1.48. The zero-order valence-electron chi connectivity index (χ0n) is 37.8. The Labute approximate surface area is 399 Å². The second-order valence-electron chi connectivity index (χ2n) is 16.6. The molecule has 13 nitrogen and oxygen atoms in total. The van der Waals surface area contributed by atoms with E-state index >= 15 is 0 Å². The first-order valence-corrected chi connectivity index (χ1v) is 22.8. The molecule has 1 aliphatic heterocycles. The van der Waals surface area contributed by atoms with Crippen molar-refractivity contribution in [3.63, 3.8) is 0 Å². The highest BCUT2D eigenvalue weighted by molar-refractivity contribution is 6.17. The van der Waals surface area contributed by atoms with Gasteiger partial charge in [0.1, 0.15) is 43.3 Å². The van der Waals surface area contributed by atoms with Crippen LogP contribution in [0, 0.1) is 0 Å². The number of nitrogens with one attached hydrogen (secondary N) is 2. The molecule has 1 fully saturated rings. The molecular formula is C56H52N2O11. The highest BCUT2D eigenvalue weighted by Gasteiger charge is 2.49. The molecular weight excluding hydrogens is 877 g/mol. The topological polar surface area (TPSA) is 153 Å². The lowest BCUT2D eigenvalue weighted by molar-refractivity contribution is -0.330. The predicted molar refractivity (Wildman–Crippen MR) is 259 cm³/mol. The second-order valence-corrected chi connectivity index (χ2v) is 16.6. The first kappa shape index (κ1) is 46.9. The van der Waals surface area contributed by atoms with Gasteiger partial charge in [-0.1, -0.05) is 152 Å². The van der Waals surface area contributed by atoms with Gasteiger partial charge in [0, 0.05) is 10.8 Å². The quantitative estimate of drug-likeness (QED) is 0.0405. The lowest BCUT2D eigenvalue weighted by Crippen LogP contribution is -2.61. The van der Waals surface area contributed by atoms with Crippen molar-refractivity contribution in [1.29, 1.82) is 0 Å². The molecule has 352 valence electrons. The highest BCUT2D eigenvalue weighted by Crippen LogP contribution is 2.34. The van der Waals surface area contributed by atoms with E-state index in [0.717, 1.165) is 54.6 Å². The predicted octanol–water partition coefficient (Wildman–Crippen LogP) is 8.59. The molecule has 0 spiro atoms. The Bertz CT molecular complexity index is 2930. The zero-order valence-corrected chi connectivity index (χ0v) is 37.8. The van der Waals surface area contributed by atoms with Crippen LogP contribution in [0.15, 0.2) is 181 Å². The number of carbonyl (C=O) groups excluding carboxylic acids is 3. The SMILES string of the molecule is O=C(CNC(=O)COC[C@H]1OC(OCc2ccccc2)[C@H](OCc2ccccc2)[C@@H](OCc2ccccc2)[C@@H]1OCc1ccccc1)NCC(=O)Oc1ccc2ccc3c4cocc4ccc3c2c1. The van der Waals surface area contributed by atoms with Crippen molar-refractivity contribution in [3.05, 3.63) is 199 Å². The summed E-state index contributed by atoms with van der Waals surface area (Å²) in [6.45, 7) is -0.332. The maximum atomic E-state index is 13.1. The molecule has 0 bridgehead atoms. The van der Waals surface area contributed by atoms with Crippen molar-refractivity contribution in [2.24, 2.45) is 0 Å². The maximum Gasteiger partial charge on any atom is 0.330 e. The van der Waals surface area contributed by atoms with Gasteiger partial charge in [0.15, 0.2) is 6.29 Å². The van der Waals surface area contributed by atoms with Crippen LogP contribution >= 0.6 is 0 Å². The molecule has 69 heavy (non-hydrogen) atoms. The lowest BCUT2D eigenvalue weighted by Gasteiger charge is -2.45. The molecule has 2 amide bonds. The fourth-order valence-electron chi connectivity index (χ4n) is 8.29. The van der Waals surface area contributed by atoms with Crippen LogP contribution in [-0.4, -0.2) is 74.8 Å². The maximum absolute atomic E-state index is 13.1. The molecule has 1 saturated heterocycles. The van der Waals surface area contributed by atoms with Gasteiger partial charge in [-0.2, -0.15) is 0 Å². The van der Waals surface area contributed by atoms with Crippen molar-refractivity contribution in [1.82, 2.24) is 10.6 Å². The summed E-state index contributed by atoms with van der Waals surface area (Å²) in [5.41, 5.74) is 3.79. The Balaban J connectivity index is 0.832. The molecule has 0 aliphatic carbocycles. The van der Waals surface area contributed by atoms with E-state index in [1.807, 2.05) is 152 Å². The van der Waals surface area contributed by atoms with E-state index < -0.39 is 68.2 Å². The minimum atomic E-state index is -0.932. The average molecular weight is 929 g/mol. The standard InChI is InChI=1S/C56H52N2O11/c59-50(58-29-52(61)68-44-24-21-42-22-25-46-45(47(42)27-44)26-23-43-34-62-35-48(43)46)28-57-51(60)37-63-36-49-53(64-30-38-13-5-1-6-14-38)54(65-31-39-15-7-2-8-16-39)55(66-32-40-17-9-3-10-18-40)56(69-49)67-33-41-19-11-4-12-20-41/h1-27,34-35,49,53-56H,28-33,36-37H2,(H,57,60)(H,58,59)/t49-,53-,54+,55-,56?/m1/s1. The van der Waals surface area contributed by atoms with Crippen LogP contribution in [-0.2, 0) is 69.2 Å². The van der Waals surface area contributed by atoms with Gasteiger partial charge in [0.25, 0.3) is 0 Å². The number of ether oxygens (including phenoxy) is 7.